The second-order valence-corrected chi connectivity index (χ2v) is 7.72. The number of nitrogens with one attached hydrogen (secondary N) is 2. The van der Waals surface area contributed by atoms with Crippen molar-refractivity contribution in [2.45, 2.75) is 38.3 Å². The van der Waals surface area contributed by atoms with Crippen molar-refractivity contribution in [3.63, 3.8) is 0 Å². The number of likely N-dealkylation sites (N-methyl/N-ethyl adjacent to an activating group) is 2. The zero-order valence-electron chi connectivity index (χ0n) is 17.3. The van der Waals surface area contributed by atoms with E-state index in [9.17, 15) is 0 Å². The predicted octanol–water partition coefficient (Wildman–Crippen LogP) is 0.288. The molecule has 2 aliphatic rings. The monoisotopic (exact) mass is 368 g/mol. The highest BCUT2D eigenvalue weighted by molar-refractivity contribution is 5.80. The fourth-order valence-corrected chi connectivity index (χ4v) is 3.74. The van der Waals surface area contributed by atoms with Crippen molar-refractivity contribution < 1.29 is 4.74 Å². The first kappa shape index (κ1) is 21.4. The maximum atomic E-state index is 5.16. The average molecular weight is 369 g/mol. The number of guanidine groups is 1. The molecule has 0 radical (unpaired) electrons. The molecule has 0 saturated carbocycles. The largest absolute Gasteiger partial charge is 0.385 e. The summed E-state index contributed by atoms with van der Waals surface area (Å²) < 4.78 is 5.16. The van der Waals surface area contributed by atoms with Crippen LogP contribution in [-0.2, 0) is 4.74 Å². The topological polar surface area (TPSA) is 55.4 Å². The number of aliphatic imine (C=N–C) groups is 1. The third-order valence-corrected chi connectivity index (χ3v) is 5.54. The van der Waals surface area contributed by atoms with E-state index in [1.54, 1.807) is 7.11 Å². The van der Waals surface area contributed by atoms with E-state index in [0.717, 1.165) is 71.3 Å². The lowest BCUT2D eigenvalue weighted by molar-refractivity contribution is 0.119. The van der Waals surface area contributed by atoms with Gasteiger partial charge in [-0.05, 0) is 40.3 Å². The van der Waals surface area contributed by atoms with Crippen LogP contribution in [0, 0.1) is 0 Å². The Kier molecular flexibility index (Phi) is 9.67. The van der Waals surface area contributed by atoms with Crippen LogP contribution in [0.4, 0.5) is 0 Å². The van der Waals surface area contributed by atoms with Gasteiger partial charge in [0.15, 0.2) is 5.96 Å². The molecule has 0 aliphatic carbocycles. The number of likely N-dealkylation sites (tertiary alicyclic amines) is 1. The van der Waals surface area contributed by atoms with Crippen LogP contribution in [0.2, 0.25) is 0 Å². The van der Waals surface area contributed by atoms with Gasteiger partial charge in [0, 0.05) is 71.6 Å². The van der Waals surface area contributed by atoms with Crippen LogP contribution in [-0.4, -0.2) is 113 Å². The van der Waals surface area contributed by atoms with Gasteiger partial charge in [0.1, 0.15) is 0 Å². The Morgan fingerprint density at radius 3 is 2.62 bits per heavy atom. The summed E-state index contributed by atoms with van der Waals surface area (Å²) in [5.74, 6) is 0.979. The lowest BCUT2D eigenvalue weighted by Crippen LogP contribution is -2.52. The molecule has 2 N–H and O–H groups in total. The molecule has 2 heterocycles. The summed E-state index contributed by atoms with van der Waals surface area (Å²) in [6.07, 6.45) is 3.50. The minimum atomic E-state index is 0.506. The molecule has 2 aliphatic heterocycles. The van der Waals surface area contributed by atoms with Crippen LogP contribution in [0.15, 0.2) is 4.99 Å². The first-order valence-electron chi connectivity index (χ1n) is 10.3. The van der Waals surface area contributed by atoms with Gasteiger partial charge in [-0.25, -0.2) is 0 Å². The highest BCUT2D eigenvalue weighted by Crippen LogP contribution is 2.11. The van der Waals surface area contributed by atoms with E-state index >= 15 is 0 Å². The third-order valence-electron chi connectivity index (χ3n) is 5.54. The molecule has 2 fully saturated rings. The van der Waals surface area contributed by atoms with E-state index in [0.29, 0.717) is 12.1 Å². The van der Waals surface area contributed by atoms with E-state index in [4.69, 9.17) is 9.73 Å². The smallest absolute Gasteiger partial charge is 0.191 e. The Morgan fingerprint density at radius 1 is 1.15 bits per heavy atom. The van der Waals surface area contributed by atoms with Crippen LogP contribution >= 0.6 is 0 Å². The van der Waals surface area contributed by atoms with Crippen LogP contribution in [0.5, 0.6) is 0 Å². The van der Waals surface area contributed by atoms with Gasteiger partial charge < -0.3 is 25.2 Å². The molecule has 0 aromatic rings. The van der Waals surface area contributed by atoms with E-state index in [2.05, 4.69) is 46.4 Å². The Hall–Kier alpha value is -0.890. The second-order valence-electron chi connectivity index (χ2n) is 7.72. The standard InChI is InChI=1S/C19H40N6O/c1-5-20-19(21-15-18-16-23(2)12-13-24(18)3)22-17-7-10-25(11-8-17)9-6-14-26-4/h17-18H,5-16H2,1-4H3,(H2,20,21,22). The molecule has 0 aromatic carbocycles. The molecule has 7 heteroatoms. The molecule has 26 heavy (non-hydrogen) atoms. The number of piperidine rings is 1. The summed E-state index contributed by atoms with van der Waals surface area (Å²) in [5.41, 5.74) is 0. The number of ether oxygens (including phenoxy) is 1. The minimum absolute atomic E-state index is 0.506. The molecule has 152 valence electrons. The molecule has 2 saturated heterocycles. The fraction of sp³-hybridized carbons (Fsp3) is 0.947. The van der Waals surface area contributed by atoms with Gasteiger partial charge in [-0.3, -0.25) is 9.89 Å². The minimum Gasteiger partial charge on any atom is -0.385 e. The van der Waals surface area contributed by atoms with Gasteiger partial charge in [-0.2, -0.15) is 0 Å². The molecule has 0 amide bonds. The quantitative estimate of drug-likeness (QED) is 0.365. The van der Waals surface area contributed by atoms with Crippen molar-refractivity contribution in [3.05, 3.63) is 0 Å². The lowest BCUT2D eigenvalue weighted by Gasteiger charge is -2.37. The summed E-state index contributed by atoms with van der Waals surface area (Å²) in [6, 6.07) is 1.03. The number of nitrogens with zero attached hydrogens (tertiary/aromatic N) is 4. The van der Waals surface area contributed by atoms with Gasteiger partial charge in [-0.15, -0.1) is 0 Å². The van der Waals surface area contributed by atoms with E-state index in [1.807, 2.05) is 0 Å². The Morgan fingerprint density at radius 2 is 1.92 bits per heavy atom. The van der Waals surface area contributed by atoms with Gasteiger partial charge in [0.05, 0.1) is 6.54 Å². The predicted molar refractivity (Wildman–Crippen MR) is 109 cm³/mol. The van der Waals surface area contributed by atoms with E-state index in [-0.39, 0.29) is 0 Å². The van der Waals surface area contributed by atoms with Crippen molar-refractivity contribution in [2.75, 3.05) is 80.2 Å². The van der Waals surface area contributed by atoms with Gasteiger partial charge in [0.2, 0.25) is 0 Å². The highest BCUT2D eigenvalue weighted by Gasteiger charge is 2.23. The van der Waals surface area contributed by atoms with Gasteiger partial charge in [-0.1, -0.05) is 0 Å². The first-order chi connectivity index (χ1) is 12.6. The van der Waals surface area contributed by atoms with Crippen LogP contribution in [0.1, 0.15) is 26.2 Å². The molecule has 0 aromatic heterocycles. The van der Waals surface area contributed by atoms with Crippen molar-refractivity contribution in [2.24, 2.45) is 4.99 Å². The maximum absolute atomic E-state index is 5.16. The number of piperazine rings is 1. The molecule has 0 bridgehead atoms. The van der Waals surface area contributed by atoms with Crippen LogP contribution in [0.3, 0.4) is 0 Å². The molecular weight excluding hydrogens is 328 g/mol. The average Bonchev–Trinajstić information content (AvgIpc) is 2.64. The normalized spacial score (nSPS) is 24.8. The van der Waals surface area contributed by atoms with E-state index < -0.39 is 0 Å². The summed E-state index contributed by atoms with van der Waals surface area (Å²) >= 11 is 0. The Labute approximate surface area is 160 Å². The number of hydrogen-bond donors (Lipinski definition) is 2. The van der Waals surface area contributed by atoms with Crippen molar-refractivity contribution in [1.82, 2.24) is 25.3 Å². The molecule has 1 unspecified atom stereocenters. The molecule has 7 nitrogen and oxygen atoms in total. The van der Waals surface area contributed by atoms with Crippen LogP contribution in [0.25, 0.3) is 0 Å². The molecule has 0 spiro atoms. The van der Waals surface area contributed by atoms with Crippen molar-refractivity contribution in [3.8, 4) is 0 Å². The van der Waals surface area contributed by atoms with Crippen molar-refractivity contribution >= 4 is 5.96 Å². The molecule has 2 rings (SSSR count). The maximum Gasteiger partial charge on any atom is 0.191 e. The fourth-order valence-electron chi connectivity index (χ4n) is 3.74. The number of methoxy groups -OCH3 is 1. The lowest BCUT2D eigenvalue weighted by atomic mass is 10.1. The second kappa shape index (κ2) is 11.7. The zero-order valence-corrected chi connectivity index (χ0v) is 17.3. The Balaban J connectivity index is 1.77. The van der Waals surface area contributed by atoms with Crippen LogP contribution < -0.4 is 10.6 Å². The first-order valence-corrected chi connectivity index (χ1v) is 10.3. The molecular formula is C19H40N6O. The summed E-state index contributed by atoms with van der Waals surface area (Å²) in [6.45, 7) is 11.6. The van der Waals surface area contributed by atoms with Crippen molar-refractivity contribution in [1.29, 1.82) is 0 Å². The number of hydrogen-bond acceptors (Lipinski definition) is 5. The Bertz CT molecular complexity index is 411. The van der Waals surface area contributed by atoms with Gasteiger partial charge >= 0.3 is 0 Å². The summed E-state index contributed by atoms with van der Waals surface area (Å²) in [7, 11) is 6.20. The summed E-state index contributed by atoms with van der Waals surface area (Å²) in [4.78, 5) is 12.3. The number of rotatable bonds is 8. The van der Waals surface area contributed by atoms with E-state index in [1.165, 1.54) is 12.8 Å². The zero-order chi connectivity index (χ0) is 18.8. The SMILES string of the molecule is CCNC(=NCC1CN(C)CCN1C)NC1CCN(CCCOC)CC1. The highest BCUT2D eigenvalue weighted by atomic mass is 16.5. The summed E-state index contributed by atoms with van der Waals surface area (Å²) in [5, 5.41) is 7.09. The van der Waals surface area contributed by atoms with Gasteiger partial charge in [0.25, 0.3) is 0 Å². The molecule has 1 atom stereocenters. The third kappa shape index (κ3) is 7.39.